The molecule has 3 atom stereocenters. The predicted octanol–water partition coefficient (Wildman–Crippen LogP) is 4.52. The highest BCUT2D eigenvalue weighted by Gasteiger charge is 2.57. The van der Waals surface area contributed by atoms with Gasteiger partial charge in [-0.1, -0.05) is 30.7 Å². The molecule has 10 nitrogen and oxygen atoms in total. The van der Waals surface area contributed by atoms with Gasteiger partial charge in [0.1, 0.15) is 11.8 Å². The number of Topliss-reactive ketones (excluding diaryl/α,β-unsaturated/α-hetero) is 1. The summed E-state index contributed by atoms with van der Waals surface area (Å²) in [6.07, 6.45) is -8.97. The summed E-state index contributed by atoms with van der Waals surface area (Å²) in [5.41, 5.74) is -2.45. The van der Waals surface area contributed by atoms with Crippen molar-refractivity contribution in [3.63, 3.8) is 0 Å². The number of nitrogens with zero attached hydrogens (tertiary/aromatic N) is 1. The fourth-order valence-corrected chi connectivity index (χ4v) is 7.98. The van der Waals surface area contributed by atoms with Gasteiger partial charge in [-0.25, -0.2) is 8.42 Å². The molecule has 1 saturated heterocycles. The third-order valence-electron chi connectivity index (χ3n) is 8.96. The van der Waals surface area contributed by atoms with Crippen LogP contribution in [0.1, 0.15) is 56.6 Å². The van der Waals surface area contributed by atoms with E-state index in [1.165, 1.54) is 19.1 Å². The Balaban J connectivity index is 1.47. The van der Waals surface area contributed by atoms with Gasteiger partial charge in [0.2, 0.25) is 17.6 Å². The molecule has 1 aliphatic heterocycles. The molecule has 3 amide bonds. The summed E-state index contributed by atoms with van der Waals surface area (Å²) < 4.78 is 113. The van der Waals surface area contributed by atoms with Crippen LogP contribution in [-0.2, 0) is 40.6 Å². The largest absolute Gasteiger partial charge is 0.484 e. The summed E-state index contributed by atoms with van der Waals surface area (Å²) in [6.45, 7) is -1.13. The second-order valence-electron chi connectivity index (χ2n) is 12.6. The van der Waals surface area contributed by atoms with Crippen LogP contribution in [0.4, 0.5) is 26.3 Å². The van der Waals surface area contributed by atoms with Crippen LogP contribution in [0.5, 0.6) is 5.75 Å². The van der Waals surface area contributed by atoms with Crippen LogP contribution in [-0.4, -0.2) is 79.5 Å². The Labute approximate surface area is 287 Å². The summed E-state index contributed by atoms with van der Waals surface area (Å²) in [5, 5.41) is 3.54. The molecule has 5 rings (SSSR count). The number of halogens is 7. The molecule has 0 radical (unpaired) electrons. The number of nitrogens with one attached hydrogen (secondary N) is 2. The Bertz CT molecular complexity index is 1780. The maximum absolute atomic E-state index is 14.2. The Hall–Kier alpha value is -3.86. The van der Waals surface area contributed by atoms with Crippen LogP contribution < -0.4 is 15.4 Å². The Morgan fingerprint density at radius 2 is 1.66 bits per heavy atom. The van der Waals surface area contributed by atoms with Crippen molar-refractivity contribution in [2.24, 2.45) is 0 Å². The highest BCUT2D eigenvalue weighted by molar-refractivity contribution is 7.92. The summed E-state index contributed by atoms with van der Waals surface area (Å²) in [6, 6.07) is 4.44. The number of rotatable bonds is 12. The third-order valence-corrected chi connectivity index (χ3v) is 11.4. The SMILES string of the molecule is CCC(NC(=O)[C@@H]1C[C@@H](S(=O)(=O)c2ccc(OCC(F)(F)F)cc2C(F)(F)F)CN1C(=O)C1(c2ccc(Cl)cc2)CC1)C(=O)C(=O)NC1CC1. The van der Waals surface area contributed by atoms with Gasteiger partial charge in [-0.05, 0) is 74.4 Å². The van der Waals surface area contributed by atoms with Crippen molar-refractivity contribution >= 4 is 44.9 Å². The molecule has 2 aromatic carbocycles. The first-order valence-corrected chi connectivity index (χ1v) is 17.6. The van der Waals surface area contributed by atoms with Crippen molar-refractivity contribution in [1.82, 2.24) is 15.5 Å². The zero-order valence-electron chi connectivity index (χ0n) is 26.4. The van der Waals surface area contributed by atoms with E-state index < -0.39 is 104 Å². The molecule has 0 spiro atoms. The molecule has 1 unspecified atom stereocenters. The maximum Gasteiger partial charge on any atom is 0.422 e. The van der Waals surface area contributed by atoms with E-state index in [0.717, 1.165) is 4.90 Å². The van der Waals surface area contributed by atoms with Crippen molar-refractivity contribution in [2.45, 2.75) is 91.5 Å². The number of carbonyl (C=O) groups excluding carboxylic acids is 4. The number of ether oxygens (including phenoxy) is 1. The summed E-state index contributed by atoms with van der Waals surface area (Å²) >= 11 is 6.01. The second kappa shape index (κ2) is 13.7. The van der Waals surface area contributed by atoms with E-state index in [4.69, 9.17) is 11.6 Å². The lowest BCUT2D eigenvalue weighted by atomic mass is 9.94. The fourth-order valence-electron chi connectivity index (χ4n) is 5.97. The molecule has 0 bridgehead atoms. The van der Waals surface area contributed by atoms with Crippen LogP contribution in [0.3, 0.4) is 0 Å². The Morgan fingerprint density at radius 1 is 1.02 bits per heavy atom. The number of amides is 3. The van der Waals surface area contributed by atoms with Crippen molar-refractivity contribution in [1.29, 1.82) is 0 Å². The lowest BCUT2D eigenvalue weighted by Crippen LogP contribution is -2.54. The van der Waals surface area contributed by atoms with E-state index in [1.807, 2.05) is 0 Å². The van der Waals surface area contributed by atoms with Gasteiger partial charge >= 0.3 is 12.4 Å². The lowest BCUT2D eigenvalue weighted by Gasteiger charge is -2.29. The molecule has 1 heterocycles. The normalized spacial score (nSPS) is 20.9. The summed E-state index contributed by atoms with van der Waals surface area (Å²) in [4.78, 5) is 52.9. The number of benzene rings is 2. The van der Waals surface area contributed by atoms with Crippen molar-refractivity contribution in [3.8, 4) is 5.75 Å². The van der Waals surface area contributed by atoms with E-state index in [0.29, 0.717) is 48.4 Å². The van der Waals surface area contributed by atoms with Crippen molar-refractivity contribution < 1.29 is 58.7 Å². The van der Waals surface area contributed by atoms with Gasteiger partial charge in [-0.2, -0.15) is 26.3 Å². The first-order chi connectivity index (χ1) is 23.3. The highest BCUT2D eigenvalue weighted by atomic mass is 35.5. The van der Waals surface area contributed by atoms with E-state index in [1.54, 1.807) is 12.1 Å². The minimum atomic E-state index is -5.35. The van der Waals surface area contributed by atoms with Gasteiger partial charge < -0.3 is 20.3 Å². The summed E-state index contributed by atoms with van der Waals surface area (Å²) in [7, 11) is -5.03. The lowest BCUT2D eigenvalue weighted by molar-refractivity contribution is -0.153. The smallest absolute Gasteiger partial charge is 0.422 e. The molecule has 0 aromatic heterocycles. The molecule has 272 valence electrons. The number of ketones is 1. The molecule has 2 saturated carbocycles. The molecular weight excluding hydrogens is 720 g/mol. The number of hydrogen-bond donors (Lipinski definition) is 2. The van der Waals surface area contributed by atoms with Gasteiger partial charge in [-0.3, -0.25) is 19.2 Å². The highest BCUT2D eigenvalue weighted by Crippen LogP contribution is 2.51. The zero-order chi connectivity index (χ0) is 36.8. The topological polar surface area (TPSA) is 139 Å². The van der Waals surface area contributed by atoms with Crippen molar-refractivity contribution in [3.05, 3.63) is 58.6 Å². The fraction of sp³-hybridized carbons (Fsp3) is 0.500. The zero-order valence-corrected chi connectivity index (χ0v) is 27.9. The van der Waals surface area contributed by atoms with Gasteiger partial charge in [0.05, 0.1) is 27.2 Å². The molecule has 3 aliphatic rings. The van der Waals surface area contributed by atoms with Crippen LogP contribution in [0.15, 0.2) is 47.4 Å². The van der Waals surface area contributed by atoms with E-state index in [9.17, 15) is 53.9 Å². The minimum Gasteiger partial charge on any atom is -0.484 e. The average molecular weight is 752 g/mol. The van der Waals surface area contributed by atoms with E-state index in [-0.39, 0.29) is 18.5 Å². The predicted molar refractivity (Wildman–Crippen MR) is 165 cm³/mol. The monoisotopic (exact) mass is 751 g/mol. The quantitative estimate of drug-likeness (QED) is 0.240. The van der Waals surface area contributed by atoms with Gasteiger partial charge in [0.15, 0.2) is 16.4 Å². The average Bonchev–Trinajstić information content (AvgIpc) is 3.98. The third kappa shape index (κ3) is 8.03. The van der Waals surface area contributed by atoms with Gasteiger partial charge in [-0.15, -0.1) is 0 Å². The molecule has 2 N–H and O–H groups in total. The van der Waals surface area contributed by atoms with Gasteiger partial charge in [0.25, 0.3) is 5.91 Å². The molecule has 3 fully saturated rings. The van der Waals surface area contributed by atoms with Crippen LogP contribution in [0.2, 0.25) is 5.02 Å². The van der Waals surface area contributed by atoms with E-state index in [2.05, 4.69) is 15.4 Å². The molecule has 2 aromatic rings. The van der Waals surface area contributed by atoms with Gasteiger partial charge in [0, 0.05) is 17.6 Å². The first kappa shape index (κ1) is 37.4. The molecular formula is C32H32ClF6N3O7S. The Kier molecular flexibility index (Phi) is 10.2. The molecule has 50 heavy (non-hydrogen) atoms. The van der Waals surface area contributed by atoms with E-state index >= 15 is 0 Å². The number of hydrogen-bond acceptors (Lipinski definition) is 7. The van der Waals surface area contributed by atoms with Crippen LogP contribution >= 0.6 is 11.6 Å². The first-order valence-electron chi connectivity index (χ1n) is 15.6. The standard InChI is InChI=1S/C32H32ClF6N3O7S/c1-2-23(26(43)28(45)40-19-7-8-19)41-27(44)24-14-21(15-42(24)29(46)30(11-12-30)17-3-5-18(33)6-4-17)50(47,48)25-10-9-20(49-16-31(34,35)36)13-22(25)32(37,38)39/h3-6,9-10,13,19,21,23-24H,2,7-8,11-12,14-16H2,1H3,(H,40,45)(H,41,44)/t21-,23?,24+/m1/s1. The maximum atomic E-state index is 14.2. The number of sulfone groups is 1. The minimum absolute atomic E-state index is 0.0442. The Morgan fingerprint density at radius 3 is 2.20 bits per heavy atom. The molecule has 18 heteroatoms. The summed E-state index contributed by atoms with van der Waals surface area (Å²) in [5.74, 6) is -4.43. The number of alkyl halides is 6. The van der Waals surface area contributed by atoms with Crippen LogP contribution in [0.25, 0.3) is 0 Å². The number of likely N-dealkylation sites (tertiary alicyclic amines) is 1. The second-order valence-corrected chi connectivity index (χ2v) is 15.2. The van der Waals surface area contributed by atoms with Crippen LogP contribution in [0, 0.1) is 0 Å². The van der Waals surface area contributed by atoms with Crippen molar-refractivity contribution in [2.75, 3.05) is 13.2 Å². The molecule has 2 aliphatic carbocycles. The number of carbonyl (C=O) groups is 4.